The molecule has 3 aromatic rings. The maximum Gasteiger partial charge on any atom is 0.252 e. The molecule has 1 fully saturated rings. The Morgan fingerprint density at radius 3 is 2.57 bits per heavy atom. The second-order valence-corrected chi connectivity index (χ2v) is 9.01. The standard InChI is InChI=1S/C23H27FN4O2/c1-13-20-17(22(30)25-12-19(29)15-7-9-16(24)10-8-15)11-18(14-5-6-14)26-21(20)28(27-13)23(2,3)4/h7-11,14,19,29H,5-6,12H2,1-4H3,(H,25,30). The molecule has 1 aliphatic rings. The maximum atomic E-state index is 13.1. The third-order valence-electron chi connectivity index (χ3n) is 5.42. The van der Waals surface area contributed by atoms with E-state index in [4.69, 9.17) is 4.98 Å². The van der Waals surface area contributed by atoms with Crippen molar-refractivity contribution in [2.24, 2.45) is 0 Å². The summed E-state index contributed by atoms with van der Waals surface area (Å²) in [6, 6.07) is 7.47. The van der Waals surface area contributed by atoms with Gasteiger partial charge in [0.25, 0.3) is 5.91 Å². The van der Waals surface area contributed by atoms with Crippen molar-refractivity contribution in [2.75, 3.05) is 6.54 Å². The first-order valence-corrected chi connectivity index (χ1v) is 10.3. The van der Waals surface area contributed by atoms with Crippen LogP contribution in [0.1, 0.15) is 72.9 Å². The topological polar surface area (TPSA) is 80.0 Å². The quantitative estimate of drug-likeness (QED) is 0.667. The van der Waals surface area contributed by atoms with Gasteiger partial charge in [-0.05, 0) is 64.3 Å². The van der Waals surface area contributed by atoms with Crippen molar-refractivity contribution in [3.63, 3.8) is 0 Å². The molecule has 2 heterocycles. The number of amides is 1. The SMILES string of the molecule is Cc1nn(C(C)(C)C)c2nc(C3CC3)cc(C(=O)NCC(O)c3ccc(F)cc3)c12. The Bertz CT molecular complexity index is 1100. The van der Waals surface area contributed by atoms with Crippen molar-refractivity contribution in [1.29, 1.82) is 0 Å². The Balaban J connectivity index is 1.66. The predicted octanol–water partition coefficient (Wildman–Crippen LogP) is 3.97. The number of carbonyl (C=O) groups is 1. The number of hydrogen-bond acceptors (Lipinski definition) is 4. The van der Waals surface area contributed by atoms with Crippen LogP contribution in [-0.2, 0) is 5.54 Å². The van der Waals surface area contributed by atoms with Gasteiger partial charge in [0.1, 0.15) is 5.82 Å². The molecule has 0 bridgehead atoms. The number of fused-ring (bicyclic) bond motifs is 1. The summed E-state index contributed by atoms with van der Waals surface area (Å²) in [5.41, 5.74) is 3.19. The number of rotatable bonds is 5. The van der Waals surface area contributed by atoms with Gasteiger partial charge < -0.3 is 10.4 Å². The number of nitrogens with one attached hydrogen (secondary N) is 1. The minimum atomic E-state index is -0.923. The van der Waals surface area contributed by atoms with Gasteiger partial charge in [-0.15, -0.1) is 0 Å². The number of aliphatic hydroxyl groups is 1. The minimum absolute atomic E-state index is 0.0273. The molecule has 1 aliphatic carbocycles. The molecule has 6 nitrogen and oxygen atoms in total. The average Bonchev–Trinajstić information content (AvgIpc) is 3.48. The molecule has 4 rings (SSSR count). The third-order valence-corrected chi connectivity index (χ3v) is 5.42. The zero-order chi connectivity index (χ0) is 21.6. The fourth-order valence-corrected chi connectivity index (χ4v) is 3.63. The first-order chi connectivity index (χ1) is 14.1. The Morgan fingerprint density at radius 2 is 1.97 bits per heavy atom. The first-order valence-electron chi connectivity index (χ1n) is 10.3. The van der Waals surface area contributed by atoms with Gasteiger partial charge >= 0.3 is 0 Å². The van der Waals surface area contributed by atoms with Crippen molar-refractivity contribution < 1.29 is 14.3 Å². The van der Waals surface area contributed by atoms with E-state index in [1.807, 2.05) is 17.7 Å². The van der Waals surface area contributed by atoms with Gasteiger partial charge in [-0.25, -0.2) is 14.1 Å². The lowest BCUT2D eigenvalue weighted by Gasteiger charge is -2.20. The van der Waals surface area contributed by atoms with Gasteiger partial charge in [0.2, 0.25) is 0 Å². The largest absolute Gasteiger partial charge is 0.387 e. The molecule has 2 aromatic heterocycles. The Kier molecular flexibility index (Phi) is 5.10. The van der Waals surface area contributed by atoms with E-state index in [0.717, 1.165) is 29.6 Å². The summed E-state index contributed by atoms with van der Waals surface area (Å²) in [4.78, 5) is 18.0. The summed E-state index contributed by atoms with van der Waals surface area (Å²) in [6.07, 6.45) is 1.23. The highest BCUT2D eigenvalue weighted by atomic mass is 19.1. The van der Waals surface area contributed by atoms with Crippen LogP contribution in [0.3, 0.4) is 0 Å². The third kappa shape index (κ3) is 3.94. The average molecular weight is 410 g/mol. The molecule has 7 heteroatoms. The molecule has 1 unspecified atom stereocenters. The molecule has 1 aromatic carbocycles. The van der Waals surface area contributed by atoms with Crippen LogP contribution in [0.5, 0.6) is 0 Å². The van der Waals surface area contributed by atoms with Crippen LogP contribution in [0.2, 0.25) is 0 Å². The minimum Gasteiger partial charge on any atom is -0.387 e. The zero-order valence-electron chi connectivity index (χ0n) is 17.7. The van der Waals surface area contributed by atoms with Crippen molar-refractivity contribution in [2.45, 2.75) is 58.1 Å². The van der Waals surface area contributed by atoms with E-state index in [1.165, 1.54) is 24.3 Å². The highest BCUT2D eigenvalue weighted by molar-refractivity contribution is 6.06. The molecule has 1 saturated carbocycles. The molecule has 2 N–H and O–H groups in total. The molecular weight excluding hydrogens is 383 g/mol. The Labute approximate surface area is 175 Å². The second kappa shape index (κ2) is 7.47. The van der Waals surface area contributed by atoms with Gasteiger partial charge in [-0.2, -0.15) is 5.10 Å². The lowest BCUT2D eigenvalue weighted by Crippen LogP contribution is -2.29. The summed E-state index contributed by atoms with van der Waals surface area (Å²) < 4.78 is 15.0. The molecule has 0 spiro atoms. The number of nitrogens with zero attached hydrogens (tertiary/aromatic N) is 3. The summed E-state index contributed by atoms with van der Waals surface area (Å²) in [5, 5.41) is 18.6. The number of aryl methyl sites for hydroxylation is 1. The van der Waals surface area contributed by atoms with Gasteiger partial charge in [0, 0.05) is 18.2 Å². The van der Waals surface area contributed by atoms with Crippen molar-refractivity contribution in [3.8, 4) is 0 Å². The van der Waals surface area contributed by atoms with E-state index in [-0.39, 0.29) is 23.8 Å². The van der Waals surface area contributed by atoms with Gasteiger partial charge in [0.15, 0.2) is 5.65 Å². The zero-order valence-corrected chi connectivity index (χ0v) is 17.7. The van der Waals surface area contributed by atoms with Crippen LogP contribution in [0.4, 0.5) is 4.39 Å². The number of carbonyl (C=O) groups excluding carboxylic acids is 1. The van der Waals surface area contributed by atoms with Crippen molar-refractivity contribution in [1.82, 2.24) is 20.1 Å². The fraction of sp³-hybridized carbons (Fsp3) is 0.435. The summed E-state index contributed by atoms with van der Waals surface area (Å²) >= 11 is 0. The number of halogens is 1. The van der Waals surface area contributed by atoms with E-state index >= 15 is 0 Å². The number of aromatic nitrogens is 3. The number of aliphatic hydroxyl groups excluding tert-OH is 1. The highest BCUT2D eigenvalue weighted by Gasteiger charge is 2.30. The van der Waals surface area contributed by atoms with Crippen LogP contribution in [-0.4, -0.2) is 32.3 Å². The van der Waals surface area contributed by atoms with E-state index in [2.05, 4.69) is 31.2 Å². The molecule has 1 amide bonds. The van der Waals surface area contributed by atoms with E-state index in [0.29, 0.717) is 22.7 Å². The number of hydrogen-bond donors (Lipinski definition) is 2. The molecule has 30 heavy (non-hydrogen) atoms. The molecule has 0 aliphatic heterocycles. The van der Waals surface area contributed by atoms with E-state index < -0.39 is 6.10 Å². The molecular formula is C23H27FN4O2. The smallest absolute Gasteiger partial charge is 0.252 e. The van der Waals surface area contributed by atoms with Crippen LogP contribution < -0.4 is 5.32 Å². The van der Waals surface area contributed by atoms with Crippen LogP contribution >= 0.6 is 0 Å². The lowest BCUT2D eigenvalue weighted by molar-refractivity contribution is 0.0917. The summed E-state index contributed by atoms with van der Waals surface area (Å²) in [6.45, 7) is 8.09. The molecule has 1 atom stereocenters. The molecule has 158 valence electrons. The Morgan fingerprint density at radius 1 is 1.30 bits per heavy atom. The molecule has 0 radical (unpaired) electrons. The van der Waals surface area contributed by atoms with Crippen LogP contribution in [0, 0.1) is 12.7 Å². The van der Waals surface area contributed by atoms with E-state index in [9.17, 15) is 14.3 Å². The van der Waals surface area contributed by atoms with Crippen molar-refractivity contribution in [3.05, 3.63) is 58.7 Å². The summed E-state index contributed by atoms with van der Waals surface area (Å²) in [5.74, 6) is -0.260. The first kappa shape index (κ1) is 20.5. The van der Waals surface area contributed by atoms with Gasteiger partial charge in [-0.1, -0.05) is 12.1 Å². The second-order valence-electron chi connectivity index (χ2n) is 9.01. The molecule has 0 saturated heterocycles. The van der Waals surface area contributed by atoms with Crippen molar-refractivity contribution >= 4 is 16.9 Å². The highest BCUT2D eigenvalue weighted by Crippen LogP contribution is 2.41. The van der Waals surface area contributed by atoms with E-state index in [1.54, 1.807) is 0 Å². The summed E-state index contributed by atoms with van der Waals surface area (Å²) in [7, 11) is 0. The van der Waals surface area contributed by atoms with Gasteiger partial charge in [0.05, 0.1) is 28.3 Å². The predicted molar refractivity (Wildman–Crippen MR) is 113 cm³/mol. The van der Waals surface area contributed by atoms with Crippen LogP contribution in [0.25, 0.3) is 11.0 Å². The normalized spacial score (nSPS) is 15.4. The van der Waals surface area contributed by atoms with Gasteiger partial charge in [-0.3, -0.25) is 4.79 Å². The number of benzene rings is 1. The fourth-order valence-electron chi connectivity index (χ4n) is 3.63. The van der Waals surface area contributed by atoms with Crippen LogP contribution in [0.15, 0.2) is 30.3 Å². The monoisotopic (exact) mass is 410 g/mol. The lowest BCUT2D eigenvalue weighted by atomic mass is 10.1. The number of pyridine rings is 1. The maximum absolute atomic E-state index is 13.1. The Hall–Kier alpha value is -2.80.